The number of carbonyl (C=O) groups excluding carboxylic acids is 2. The van der Waals surface area contributed by atoms with Crippen LogP contribution in [0.4, 0.5) is 0 Å². The van der Waals surface area contributed by atoms with E-state index in [1.165, 1.54) is 5.71 Å². The lowest BCUT2D eigenvalue weighted by Crippen LogP contribution is -2.41. The Bertz CT molecular complexity index is 1160. The molecule has 3 saturated carbocycles. The first-order valence-corrected chi connectivity index (χ1v) is 19.9. The Kier molecular flexibility index (Phi) is 10.7. The Morgan fingerprint density at radius 3 is 2.49 bits per heavy atom. The minimum atomic E-state index is -2.25. The van der Waals surface area contributed by atoms with Crippen LogP contribution < -0.4 is 10.6 Å². The lowest BCUT2D eigenvalue weighted by molar-refractivity contribution is -0.126. The largest absolute Gasteiger partial charge is 0.432 e. The molecule has 0 aromatic carbocycles. The molecule has 12 heteroatoms. The van der Waals surface area contributed by atoms with Crippen LogP contribution in [0.25, 0.3) is 0 Å². The minimum Gasteiger partial charge on any atom is -0.432 e. The maximum atomic E-state index is 13.3. The number of fused-ring (bicyclic) bond motifs is 3. The molecule has 3 fully saturated rings. The summed E-state index contributed by atoms with van der Waals surface area (Å²) in [5.41, 5.74) is 1.48. The lowest BCUT2D eigenvalue weighted by atomic mass is 9.72. The molecule has 1 aliphatic heterocycles. The summed E-state index contributed by atoms with van der Waals surface area (Å²) in [5.74, 6) is 2.09. The number of ether oxygens (including phenoxy) is 1. The van der Waals surface area contributed by atoms with Crippen LogP contribution in [-0.4, -0.2) is 77.1 Å². The third kappa shape index (κ3) is 7.71. The van der Waals surface area contributed by atoms with Crippen molar-refractivity contribution in [1.29, 1.82) is 0 Å². The molecule has 4 aliphatic rings. The van der Waals surface area contributed by atoms with Gasteiger partial charge in [0, 0.05) is 49.2 Å². The number of aromatic nitrogens is 3. The smallest absolute Gasteiger partial charge is 0.223 e. The summed E-state index contributed by atoms with van der Waals surface area (Å²) in [6, 6.07) is -0.193. The molecular weight excluding hydrogens is 584 g/mol. The topological polar surface area (TPSA) is 131 Å². The highest BCUT2D eigenvalue weighted by atomic mass is 35.5. The summed E-state index contributed by atoms with van der Waals surface area (Å²) in [6.07, 6.45) is 10.9. The number of nitrogens with zero attached hydrogens (tertiary/aromatic N) is 4. The second kappa shape index (κ2) is 14.1. The fourth-order valence-electron chi connectivity index (χ4n) is 8.06. The molecule has 1 aromatic rings. The van der Waals surface area contributed by atoms with Crippen LogP contribution >= 0.6 is 11.6 Å². The third-order valence-corrected chi connectivity index (χ3v) is 13.5. The zero-order valence-corrected chi connectivity index (χ0v) is 28.1. The van der Waals surface area contributed by atoms with Crippen molar-refractivity contribution >= 4 is 37.4 Å². The number of amides is 2. The van der Waals surface area contributed by atoms with Gasteiger partial charge in [0.2, 0.25) is 11.8 Å². The van der Waals surface area contributed by atoms with Gasteiger partial charge in [-0.1, -0.05) is 12.8 Å². The molecule has 2 amide bonds. The highest BCUT2D eigenvalue weighted by Crippen LogP contribution is 2.45. The Morgan fingerprint density at radius 1 is 1.02 bits per heavy atom. The maximum absolute atomic E-state index is 13.3. The summed E-state index contributed by atoms with van der Waals surface area (Å²) in [4.78, 5) is 42.0. The van der Waals surface area contributed by atoms with Crippen LogP contribution in [-0.2, 0) is 14.3 Å². The molecule has 3 aliphatic carbocycles. The van der Waals surface area contributed by atoms with E-state index in [2.05, 4.69) is 25.4 Å². The number of alkyl halides is 1. The van der Waals surface area contributed by atoms with Crippen molar-refractivity contribution in [2.45, 2.75) is 126 Å². The molecule has 0 bridgehead atoms. The third-order valence-electron chi connectivity index (χ3n) is 10.6. The van der Waals surface area contributed by atoms with Crippen LogP contribution in [0.3, 0.4) is 0 Å². The fourth-order valence-corrected chi connectivity index (χ4v) is 10.1. The fraction of sp³-hybridized carbons (Fsp3) is 0.839. The average molecular weight is 635 g/mol. The van der Waals surface area contributed by atoms with E-state index in [-0.39, 0.29) is 53.1 Å². The van der Waals surface area contributed by atoms with Gasteiger partial charge in [-0.25, -0.2) is 0 Å². The summed E-state index contributed by atoms with van der Waals surface area (Å²) in [5, 5.41) is 15.3. The Balaban J connectivity index is 1.24. The highest BCUT2D eigenvalue weighted by Gasteiger charge is 2.43. The minimum absolute atomic E-state index is 0.0300. The van der Waals surface area contributed by atoms with Gasteiger partial charge >= 0.3 is 0 Å². The summed E-state index contributed by atoms with van der Waals surface area (Å²) >= 11 is 6.49. The van der Waals surface area contributed by atoms with Crippen molar-refractivity contribution in [2.24, 2.45) is 22.7 Å². The van der Waals surface area contributed by atoms with Gasteiger partial charge in [0.1, 0.15) is 11.9 Å². The molecule has 240 valence electrons. The van der Waals surface area contributed by atoms with E-state index in [9.17, 15) is 14.4 Å². The lowest BCUT2D eigenvalue weighted by Gasteiger charge is -2.39. The summed E-state index contributed by atoms with van der Waals surface area (Å²) < 4.78 is 8.09. The first-order valence-electron chi connectivity index (χ1n) is 16.5. The van der Waals surface area contributed by atoms with Gasteiger partial charge < -0.3 is 24.7 Å². The molecule has 0 spiro atoms. The molecule has 10 nitrogen and oxygen atoms in total. The second-order valence-corrected chi connectivity index (χ2v) is 18.6. The maximum Gasteiger partial charge on any atom is 0.223 e. The molecule has 1 aromatic heterocycles. The summed E-state index contributed by atoms with van der Waals surface area (Å²) in [7, 11) is -0.455. The van der Waals surface area contributed by atoms with Gasteiger partial charge in [0.05, 0.1) is 12.5 Å². The van der Waals surface area contributed by atoms with Crippen molar-refractivity contribution in [2.75, 3.05) is 20.2 Å². The zero-order chi connectivity index (χ0) is 30.7. The SMILES string of the molecule is COC1CCC2C(C1)C(C1CCC(Cl)CC1)=N[C@@H](CC(=O)NCCNC(=O)C1CCCC([Si](C)(C)O)C1)c1nnc(C)n12. The number of methoxy groups -OCH3 is 1. The number of carbonyl (C=O) groups is 2. The van der Waals surface area contributed by atoms with Crippen molar-refractivity contribution in [1.82, 2.24) is 25.4 Å². The number of nitrogens with one attached hydrogen (secondary N) is 2. The second-order valence-electron chi connectivity index (χ2n) is 13.9. The normalized spacial score (nSPS) is 33.0. The number of aliphatic imine (C=N–C) groups is 1. The first kappa shape index (κ1) is 32.6. The van der Waals surface area contributed by atoms with Crippen LogP contribution in [0.2, 0.25) is 18.6 Å². The van der Waals surface area contributed by atoms with Crippen molar-refractivity contribution in [3.63, 3.8) is 0 Å². The molecule has 0 radical (unpaired) electrons. The van der Waals surface area contributed by atoms with Gasteiger partial charge in [-0.05, 0) is 89.3 Å². The van der Waals surface area contributed by atoms with Crippen molar-refractivity contribution in [3.05, 3.63) is 11.6 Å². The zero-order valence-electron chi connectivity index (χ0n) is 26.4. The van der Waals surface area contributed by atoms with Crippen LogP contribution in [0.15, 0.2) is 4.99 Å². The van der Waals surface area contributed by atoms with E-state index in [1.807, 2.05) is 20.0 Å². The molecular formula is C31H51ClN6O4Si. The van der Waals surface area contributed by atoms with Crippen molar-refractivity contribution in [3.8, 4) is 0 Å². The molecule has 5 unspecified atom stereocenters. The highest BCUT2D eigenvalue weighted by molar-refractivity contribution is 6.71. The molecule has 43 heavy (non-hydrogen) atoms. The van der Waals surface area contributed by atoms with Gasteiger partial charge in [-0.2, -0.15) is 0 Å². The number of hydrogen-bond acceptors (Lipinski definition) is 7. The predicted octanol–water partition coefficient (Wildman–Crippen LogP) is 4.62. The summed E-state index contributed by atoms with van der Waals surface area (Å²) in [6.45, 7) is 6.67. The van der Waals surface area contributed by atoms with E-state index in [1.54, 1.807) is 7.11 Å². The first-order chi connectivity index (χ1) is 20.5. The number of halogens is 1. The van der Waals surface area contributed by atoms with Crippen LogP contribution in [0.5, 0.6) is 0 Å². The van der Waals surface area contributed by atoms with E-state index >= 15 is 0 Å². The number of aryl methyl sites for hydroxylation is 1. The van der Waals surface area contributed by atoms with Gasteiger partial charge in [-0.15, -0.1) is 21.8 Å². The van der Waals surface area contributed by atoms with Gasteiger partial charge in [0.15, 0.2) is 14.1 Å². The molecule has 0 saturated heterocycles. The Morgan fingerprint density at radius 2 is 1.77 bits per heavy atom. The standard InChI is InChI=1S/C31H51ClN6O4Si/c1-19-36-37-30-26(18-28(39)33-14-15-34-31(40)21-6-5-7-24(16-21)43(3,4)41)35-29(20-8-10-22(32)11-9-20)25-17-23(42-2)12-13-27(25)38(19)30/h20-27,41H,5-18H2,1-4H3,(H,33,39)(H,34,40)/t20?,21?,22?,23?,24?,25?,26-,27?/m0/s1. The van der Waals surface area contributed by atoms with Crippen LogP contribution in [0.1, 0.15) is 101 Å². The van der Waals surface area contributed by atoms with Gasteiger partial charge in [0.25, 0.3) is 0 Å². The molecule has 2 heterocycles. The average Bonchev–Trinajstić information content (AvgIpc) is 3.31. The van der Waals surface area contributed by atoms with E-state index in [4.69, 9.17) is 21.3 Å². The predicted molar refractivity (Wildman–Crippen MR) is 170 cm³/mol. The van der Waals surface area contributed by atoms with Crippen molar-refractivity contribution < 1.29 is 19.1 Å². The van der Waals surface area contributed by atoms with E-state index in [0.29, 0.717) is 19.0 Å². The van der Waals surface area contributed by atoms with Gasteiger partial charge in [-0.3, -0.25) is 14.6 Å². The Hall–Kier alpha value is -1.82. The van der Waals surface area contributed by atoms with E-state index in [0.717, 1.165) is 82.3 Å². The van der Waals surface area contributed by atoms with Crippen LogP contribution in [0, 0.1) is 24.7 Å². The monoisotopic (exact) mass is 634 g/mol. The number of rotatable bonds is 9. The van der Waals surface area contributed by atoms with E-state index < -0.39 is 14.4 Å². The number of hydrogen-bond donors (Lipinski definition) is 3. The molecule has 6 atom stereocenters. The quantitative estimate of drug-likeness (QED) is 0.206. The Labute approximate surface area is 262 Å². The molecule has 3 N–H and O–H groups in total. The molecule has 5 rings (SSSR count).